The number of nitrogens with one attached hydrogen (secondary N) is 2. The summed E-state index contributed by atoms with van der Waals surface area (Å²) in [6.45, 7) is 3.66. The normalized spacial score (nSPS) is 11.2. The molecule has 1 aromatic heterocycles. The van der Waals surface area contributed by atoms with E-state index in [-0.39, 0.29) is 29.2 Å². The van der Waals surface area contributed by atoms with Crippen LogP contribution in [0.15, 0.2) is 70.8 Å². The highest BCUT2D eigenvalue weighted by atomic mass is 32.2. The number of carbonyl (C=O) groups excluding carboxylic acids is 1. The van der Waals surface area contributed by atoms with E-state index < -0.39 is 10.0 Å². The molecule has 0 aliphatic carbocycles. The summed E-state index contributed by atoms with van der Waals surface area (Å²) in [5.74, 6) is 0.735. The smallest absolute Gasteiger partial charge is 0.277 e. The van der Waals surface area contributed by atoms with Gasteiger partial charge in [-0.25, -0.2) is 13.1 Å². The lowest BCUT2D eigenvalue weighted by atomic mass is 10.2. The molecule has 0 saturated carbocycles. The van der Waals surface area contributed by atoms with Crippen molar-refractivity contribution in [3.63, 3.8) is 0 Å². The third kappa shape index (κ3) is 6.94. The minimum absolute atomic E-state index is 0.0752. The summed E-state index contributed by atoms with van der Waals surface area (Å²) in [6.07, 6.45) is 1.47. The zero-order chi connectivity index (χ0) is 23.0. The van der Waals surface area contributed by atoms with Gasteiger partial charge in [-0.05, 0) is 42.0 Å². The van der Waals surface area contributed by atoms with Crippen LogP contribution < -0.4 is 14.8 Å². The summed E-state index contributed by atoms with van der Waals surface area (Å²) >= 11 is 1.12. The molecule has 2 N–H and O–H groups in total. The van der Waals surface area contributed by atoms with E-state index in [9.17, 15) is 13.2 Å². The predicted octanol–water partition coefficient (Wildman–Crippen LogP) is 3.08. The van der Waals surface area contributed by atoms with Gasteiger partial charge >= 0.3 is 0 Å². The molecule has 32 heavy (non-hydrogen) atoms. The molecule has 0 saturated heterocycles. The van der Waals surface area contributed by atoms with Crippen molar-refractivity contribution in [3.8, 4) is 17.2 Å². The van der Waals surface area contributed by atoms with Crippen LogP contribution in [0.1, 0.15) is 5.56 Å². The average molecular weight is 475 g/mol. The third-order valence-corrected chi connectivity index (χ3v) is 6.25. The largest absolute Gasteiger partial charge is 0.497 e. The Kier molecular flexibility index (Phi) is 8.03. The standard InChI is InChI=1S/C21H22N4O5S2/c1-3-12-22-32(27,28)14-15-4-8-17(9-5-15)23-19(26)13-31-21-25-24-20(30-21)16-6-10-18(29-2)11-7-16/h3-11,22H,1,12-14H2,2H3,(H,23,26). The molecule has 0 atom stereocenters. The topological polar surface area (TPSA) is 123 Å². The van der Waals surface area contributed by atoms with Crippen LogP contribution in [0.2, 0.25) is 0 Å². The van der Waals surface area contributed by atoms with E-state index in [0.717, 1.165) is 23.1 Å². The molecule has 3 aromatic rings. The molecule has 0 fully saturated rings. The zero-order valence-electron chi connectivity index (χ0n) is 17.3. The van der Waals surface area contributed by atoms with Crippen molar-refractivity contribution >= 4 is 33.4 Å². The summed E-state index contributed by atoms with van der Waals surface area (Å²) < 4.78 is 36.9. The van der Waals surface area contributed by atoms with E-state index in [4.69, 9.17) is 9.15 Å². The van der Waals surface area contributed by atoms with E-state index in [1.165, 1.54) is 6.08 Å². The maximum Gasteiger partial charge on any atom is 0.277 e. The molecule has 0 aliphatic rings. The number of amides is 1. The lowest BCUT2D eigenvalue weighted by Crippen LogP contribution is -2.25. The van der Waals surface area contributed by atoms with Gasteiger partial charge in [0.2, 0.25) is 21.8 Å². The van der Waals surface area contributed by atoms with Gasteiger partial charge in [0.05, 0.1) is 18.6 Å². The number of anilines is 1. The molecule has 0 aliphatic heterocycles. The first-order chi connectivity index (χ1) is 15.4. The number of hydrogen-bond donors (Lipinski definition) is 2. The Balaban J connectivity index is 1.49. The fourth-order valence-corrected chi connectivity index (χ4v) is 4.25. The molecule has 0 unspecified atom stereocenters. The number of benzene rings is 2. The number of nitrogens with zero attached hydrogens (tertiary/aromatic N) is 2. The Morgan fingerprint density at radius 1 is 1.16 bits per heavy atom. The van der Waals surface area contributed by atoms with E-state index in [1.54, 1.807) is 55.6 Å². The first kappa shape index (κ1) is 23.5. The Hall–Kier alpha value is -3.15. The number of aromatic nitrogens is 2. The molecule has 11 heteroatoms. The van der Waals surface area contributed by atoms with Crippen LogP contribution in [0.25, 0.3) is 11.5 Å². The summed E-state index contributed by atoms with van der Waals surface area (Å²) in [6, 6.07) is 13.8. The number of sulfonamides is 1. The Morgan fingerprint density at radius 3 is 2.53 bits per heavy atom. The van der Waals surface area contributed by atoms with Crippen LogP contribution >= 0.6 is 11.8 Å². The van der Waals surface area contributed by atoms with Crippen molar-refractivity contribution in [3.05, 3.63) is 66.7 Å². The summed E-state index contributed by atoms with van der Waals surface area (Å²) in [7, 11) is -1.85. The molecule has 1 heterocycles. The van der Waals surface area contributed by atoms with E-state index in [2.05, 4.69) is 26.8 Å². The molecule has 2 aromatic carbocycles. The van der Waals surface area contributed by atoms with Crippen LogP contribution in [0.5, 0.6) is 5.75 Å². The fraction of sp³-hybridized carbons (Fsp3) is 0.190. The van der Waals surface area contributed by atoms with Gasteiger partial charge in [0.15, 0.2) is 0 Å². The molecule has 0 spiro atoms. The van der Waals surface area contributed by atoms with Gasteiger partial charge in [-0.2, -0.15) is 0 Å². The molecular weight excluding hydrogens is 452 g/mol. The number of thioether (sulfide) groups is 1. The van der Waals surface area contributed by atoms with Gasteiger partial charge in [0.1, 0.15) is 5.75 Å². The molecule has 3 rings (SSSR count). The molecule has 0 bridgehead atoms. The lowest BCUT2D eigenvalue weighted by Gasteiger charge is -2.07. The number of methoxy groups -OCH3 is 1. The van der Waals surface area contributed by atoms with Crippen LogP contribution in [-0.4, -0.2) is 43.9 Å². The fourth-order valence-electron chi connectivity index (χ4n) is 2.58. The van der Waals surface area contributed by atoms with Crippen LogP contribution in [0, 0.1) is 0 Å². The lowest BCUT2D eigenvalue weighted by molar-refractivity contribution is -0.113. The Morgan fingerprint density at radius 2 is 1.88 bits per heavy atom. The van der Waals surface area contributed by atoms with Gasteiger partial charge in [-0.1, -0.05) is 30.0 Å². The molecule has 9 nitrogen and oxygen atoms in total. The number of carbonyl (C=O) groups is 1. The van der Waals surface area contributed by atoms with Crippen molar-refractivity contribution < 1.29 is 22.4 Å². The SMILES string of the molecule is C=CCNS(=O)(=O)Cc1ccc(NC(=O)CSc2nnc(-c3ccc(OC)cc3)o2)cc1. The van der Waals surface area contributed by atoms with E-state index in [1.807, 2.05) is 0 Å². The molecule has 1 amide bonds. The van der Waals surface area contributed by atoms with Crippen LogP contribution in [-0.2, 0) is 20.6 Å². The van der Waals surface area contributed by atoms with Crippen molar-refractivity contribution in [2.24, 2.45) is 0 Å². The minimum atomic E-state index is -3.44. The van der Waals surface area contributed by atoms with Gasteiger partial charge in [0, 0.05) is 17.8 Å². The van der Waals surface area contributed by atoms with Crippen LogP contribution in [0.3, 0.4) is 0 Å². The molecule has 168 valence electrons. The first-order valence-electron chi connectivity index (χ1n) is 9.46. The Labute approximate surface area is 190 Å². The highest BCUT2D eigenvalue weighted by molar-refractivity contribution is 7.99. The average Bonchev–Trinajstić information content (AvgIpc) is 3.27. The van der Waals surface area contributed by atoms with Gasteiger partial charge < -0.3 is 14.5 Å². The maximum absolute atomic E-state index is 12.2. The number of hydrogen-bond acceptors (Lipinski definition) is 8. The Bertz CT molecular complexity index is 1160. The number of rotatable bonds is 11. The monoisotopic (exact) mass is 474 g/mol. The van der Waals surface area contributed by atoms with Crippen molar-refractivity contribution in [1.29, 1.82) is 0 Å². The van der Waals surface area contributed by atoms with Gasteiger partial charge in [0.25, 0.3) is 5.22 Å². The first-order valence-corrected chi connectivity index (χ1v) is 12.1. The van der Waals surface area contributed by atoms with E-state index in [0.29, 0.717) is 17.1 Å². The maximum atomic E-state index is 12.2. The highest BCUT2D eigenvalue weighted by Crippen LogP contribution is 2.25. The van der Waals surface area contributed by atoms with Gasteiger partial charge in [-0.15, -0.1) is 16.8 Å². The van der Waals surface area contributed by atoms with Crippen molar-refractivity contribution in [1.82, 2.24) is 14.9 Å². The van der Waals surface area contributed by atoms with Crippen molar-refractivity contribution in [2.75, 3.05) is 24.7 Å². The highest BCUT2D eigenvalue weighted by Gasteiger charge is 2.13. The third-order valence-electron chi connectivity index (χ3n) is 4.11. The minimum Gasteiger partial charge on any atom is -0.497 e. The van der Waals surface area contributed by atoms with Crippen LogP contribution in [0.4, 0.5) is 5.69 Å². The summed E-state index contributed by atoms with van der Waals surface area (Å²) in [4.78, 5) is 12.2. The second kappa shape index (κ2) is 10.9. The zero-order valence-corrected chi connectivity index (χ0v) is 18.9. The van der Waals surface area contributed by atoms with E-state index >= 15 is 0 Å². The molecule has 0 radical (unpaired) electrons. The summed E-state index contributed by atoms with van der Waals surface area (Å²) in [5, 5.41) is 11.0. The second-order valence-electron chi connectivity index (χ2n) is 6.53. The molecular formula is C21H22N4O5S2. The van der Waals surface area contributed by atoms with Crippen molar-refractivity contribution in [2.45, 2.75) is 11.0 Å². The second-order valence-corrected chi connectivity index (χ2v) is 9.27. The quantitative estimate of drug-likeness (QED) is 0.321. The van der Waals surface area contributed by atoms with Gasteiger partial charge in [-0.3, -0.25) is 4.79 Å². The summed E-state index contributed by atoms with van der Waals surface area (Å²) in [5.41, 5.74) is 1.91. The predicted molar refractivity (Wildman–Crippen MR) is 123 cm³/mol. The number of ether oxygens (including phenoxy) is 1.